The van der Waals surface area contributed by atoms with Crippen molar-refractivity contribution in [3.63, 3.8) is 0 Å². The van der Waals surface area contributed by atoms with Gasteiger partial charge >= 0.3 is 0 Å². The molecule has 0 aliphatic heterocycles. The van der Waals surface area contributed by atoms with E-state index in [1.165, 1.54) is 50.8 Å². The van der Waals surface area contributed by atoms with Gasteiger partial charge in [0.05, 0.1) is 12.0 Å². The molecule has 0 aromatic carbocycles. The summed E-state index contributed by atoms with van der Waals surface area (Å²) in [4.78, 5) is 4.28. The van der Waals surface area contributed by atoms with Crippen molar-refractivity contribution in [2.24, 2.45) is 11.3 Å². The van der Waals surface area contributed by atoms with E-state index in [-0.39, 0.29) is 0 Å². The van der Waals surface area contributed by atoms with E-state index in [1.807, 2.05) is 12.5 Å². The summed E-state index contributed by atoms with van der Waals surface area (Å²) in [5, 5.41) is 3.67. The zero-order chi connectivity index (χ0) is 11.3. The molecule has 3 fully saturated rings. The lowest BCUT2D eigenvalue weighted by molar-refractivity contribution is 0.400. The van der Waals surface area contributed by atoms with Crippen molar-refractivity contribution in [1.82, 2.24) is 14.9 Å². The van der Waals surface area contributed by atoms with E-state index in [4.69, 9.17) is 0 Å². The predicted octanol–water partition coefficient (Wildman–Crippen LogP) is 2.50. The molecular formula is C14H21N3. The Hall–Kier alpha value is -0.830. The van der Waals surface area contributed by atoms with Crippen LogP contribution in [0.15, 0.2) is 12.5 Å². The van der Waals surface area contributed by atoms with Crippen molar-refractivity contribution in [1.29, 1.82) is 0 Å². The van der Waals surface area contributed by atoms with Gasteiger partial charge in [0.1, 0.15) is 0 Å². The third-order valence-electron chi connectivity index (χ3n) is 4.81. The molecule has 4 rings (SSSR count). The fourth-order valence-corrected chi connectivity index (χ4v) is 3.18. The Kier molecular flexibility index (Phi) is 2.13. The van der Waals surface area contributed by atoms with Crippen LogP contribution >= 0.6 is 0 Å². The van der Waals surface area contributed by atoms with Crippen molar-refractivity contribution < 1.29 is 0 Å². The molecule has 0 unspecified atom stereocenters. The van der Waals surface area contributed by atoms with Crippen LogP contribution < -0.4 is 5.32 Å². The Labute approximate surface area is 103 Å². The normalized spacial score (nSPS) is 26.1. The number of hydrogen-bond acceptors (Lipinski definition) is 2. The van der Waals surface area contributed by atoms with Gasteiger partial charge < -0.3 is 9.88 Å². The maximum absolute atomic E-state index is 4.28. The first-order valence-electron chi connectivity index (χ1n) is 7.09. The van der Waals surface area contributed by atoms with Gasteiger partial charge in [-0.3, -0.25) is 0 Å². The Morgan fingerprint density at radius 3 is 2.76 bits per heavy atom. The molecule has 0 saturated heterocycles. The topological polar surface area (TPSA) is 29.9 Å². The first-order valence-corrected chi connectivity index (χ1v) is 7.09. The second kappa shape index (κ2) is 3.58. The maximum atomic E-state index is 4.28. The standard InChI is InChI=1S/C14H21N3/c1-2-11(1)14(5-6-14)9-15-7-13-8-16-10-17(13)12-3-4-12/h8,10-12,15H,1-7,9H2. The van der Waals surface area contributed by atoms with Gasteiger partial charge in [0.15, 0.2) is 0 Å². The number of nitrogens with zero attached hydrogens (tertiary/aromatic N) is 2. The quantitative estimate of drug-likeness (QED) is 0.815. The van der Waals surface area contributed by atoms with Gasteiger partial charge in [-0.05, 0) is 49.9 Å². The summed E-state index contributed by atoms with van der Waals surface area (Å²) in [7, 11) is 0. The molecule has 3 heteroatoms. The molecule has 0 spiro atoms. The number of hydrogen-bond donors (Lipinski definition) is 1. The van der Waals surface area contributed by atoms with Gasteiger partial charge in [0, 0.05) is 25.3 Å². The number of aromatic nitrogens is 2. The van der Waals surface area contributed by atoms with Crippen LogP contribution in [0.25, 0.3) is 0 Å². The summed E-state index contributed by atoms with van der Waals surface area (Å²) >= 11 is 0. The van der Waals surface area contributed by atoms with E-state index < -0.39 is 0 Å². The maximum Gasteiger partial charge on any atom is 0.0951 e. The van der Waals surface area contributed by atoms with Crippen molar-refractivity contribution in [2.75, 3.05) is 6.54 Å². The third-order valence-corrected chi connectivity index (χ3v) is 4.81. The highest BCUT2D eigenvalue weighted by atomic mass is 15.1. The summed E-state index contributed by atoms with van der Waals surface area (Å²) in [5.41, 5.74) is 2.09. The molecule has 1 N–H and O–H groups in total. The Morgan fingerprint density at radius 1 is 1.29 bits per heavy atom. The van der Waals surface area contributed by atoms with E-state index >= 15 is 0 Å². The molecule has 0 radical (unpaired) electrons. The highest BCUT2D eigenvalue weighted by molar-refractivity contribution is 5.07. The van der Waals surface area contributed by atoms with Crippen LogP contribution in [-0.2, 0) is 6.54 Å². The minimum Gasteiger partial charge on any atom is -0.330 e. The number of imidazole rings is 1. The van der Waals surface area contributed by atoms with E-state index in [2.05, 4.69) is 14.9 Å². The first-order chi connectivity index (χ1) is 8.37. The van der Waals surface area contributed by atoms with Gasteiger partial charge in [-0.2, -0.15) is 0 Å². The lowest BCUT2D eigenvalue weighted by Crippen LogP contribution is -2.25. The second-order valence-corrected chi connectivity index (χ2v) is 6.26. The fraction of sp³-hybridized carbons (Fsp3) is 0.786. The van der Waals surface area contributed by atoms with Crippen molar-refractivity contribution in [3.05, 3.63) is 18.2 Å². The summed E-state index contributed by atoms with van der Waals surface area (Å²) in [6.45, 7) is 2.23. The Balaban J connectivity index is 1.33. The highest BCUT2D eigenvalue weighted by Gasteiger charge is 2.53. The molecule has 0 amide bonds. The lowest BCUT2D eigenvalue weighted by atomic mass is 10.0. The molecule has 92 valence electrons. The van der Waals surface area contributed by atoms with Crippen molar-refractivity contribution in [2.45, 2.75) is 51.1 Å². The molecule has 3 aliphatic carbocycles. The predicted molar refractivity (Wildman–Crippen MR) is 66.6 cm³/mol. The van der Waals surface area contributed by atoms with Gasteiger partial charge in [-0.1, -0.05) is 0 Å². The molecule has 3 nitrogen and oxygen atoms in total. The molecular weight excluding hydrogens is 210 g/mol. The Morgan fingerprint density at radius 2 is 2.12 bits per heavy atom. The summed E-state index contributed by atoms with van der Waals surface area (Å²) in [6, 6.07) is 0.757. The van der Waals surface area contributed by atoms with E-state index in [0.717, 1.165) is 18.5 Å². The van der Waals surface area contributed by atoms with Crippen LogP contribution in [-0.4, -0.2) is 16.1 Å². The second-order valence-electron chi connectivity index (χ2n) is 6.26. The molecule has 1 aromatic heterocycles. The molecule has 0 bridgehead atoms. The van der Waals surface area contributed by atoms with Crippen LogP contribution in [0.5, 0.6) is 0 Å². The molecule has 3 saturated carbocycles. The zero-order valence-electron chi connectivity index (χ0n) is 10.4. The first kappa shape index (κ1) is 10.1. The van der Waals surface area contributed by atoms with Gasteiger partial charge in [0.25, 0.3) is 0 Å². The fourth-order valence-electron chi connectivity index (χ4n) is 3.18. The van der Waals surface area contributed by atoms with Crippen LogP contribution in [0.3, 0.4) is 0 Å². The van der Waals surface area contributed by atoms with Crippen LogP contribution in [0.2, 0.25) is 0 Å². The zero-order valence-corrected chi connectivity index (χ0v) is 10.4. The minimum absolute atomic E-state index is 0.713. The SMILES string of the molecule is c1ncn(C2CC2)c1CNCC1(C2CC2)CC1. The van der Waals surface area contributed by atoms with Crippen molar-refractivity contribution >= 4 is 0 Å². The molecule has 3 aliphatic rings. The van der Waals surface area contributed by atoms with E-state index in [0.29, 0.717) is 5.41 Å². The third kappa shape index (κ3) is 1.90. The number of nitrogens with one attached hydrogen (secondary N) is 1. The molecule has 1 aromatic rings. The average Bonchev–Trinajstić information content (AvgIpc) is 3.19. The van der Waals surface area contributed by atoms with Crippen LogP contribution in [0.1, 0.15) is 50.3 Å². The van der Waals surface area contributed by atoms with Gasteiger partial charge in [-0.15, -0.1) is 0 Å². The number of rotatable bonds is 6. The minimum atomic E-state index is 0.713. The smallest absolute Gasteiger partial charge is 0.0951 e. The van der Waals surface area contributed by atoms with Gasteiger partial charge in [-0.25, -0.2) is 4.98 Å². The van der Waals surface area contributed by atoms with Crippen LogP contribution in [0.4, 0.5) is 0 Å². The Bertz CT molecular complexity index is 411. The largest absolute Gasteiger partial charge is 0.330 e. The van der Waals surface area contributed by atoms with Gasteiger partial charge in [0.2, 0.25) is 0 Å². The monoisotopic (exact) mass is 231 g/mol. The molecule has 17 heavy (non-hydrogen) atoms. The van der Waals surface area contributed by atoms with E-state index in [1.54, 1.807) is 0 Å². The summed E-state index contributed by atoms with van der Waals surface area (Å²) < 4.78 is 2.36. The average molecular weight is 231 g/mol. The summed E-state index contributed by atoms with van der Waals surface area (Å²) in [5.74, 6) is 1.06. The molecule has 1 heterocycles. The lowest BCUT2D eigenvalue weighted by Gasteiger charge is -2.15. The molecule has 0 atom stereocenters. The summed E-state index contributed by atoms with van der Waals surface area (Å²) in [6.07, 6.45) is 12.6. The van der Waals surface area contributed by atoms with E-state index in [9.17, 15) is 0 Å². The van der Waals surface area contributed by atoms with Crippen LogP contribution in [0, 0.1) is 11.3 Å². The van der Waals surface area contributed by atoms with Crippen molar-refractivity contribution in [3.8, 4) is 0 Å². The highest BCUT2D eigenvalue weighted by Crippen LogP contribution is 2.60.